The molecule has 0 saturated carbocycles. The third-order valence-corrected chi connectivity index (χ3v) is 4.22. The van der Waals surface area contributed by atoms with Gasteiger partial charge in [-0.2, -0.15) is 5.10 Å². The minimum atomic E-state index is -0.128. The van der Waals surface area contributed by atoms with Gasteiger partial charge in [-0.1, -0.05) is 40.2 Å². The average molecular weight is 359 g/mol. The average Bonchev–Trinajstić information content (AvgIpc) is 2.94. The maximum absolute atomic E-state index is 11.9. The van der Waals surface area contributed by atoms with Crippen LogP contribution in [-0.4, -0.2) is 21.7 Å². The van der Waals surface area contributed by atoms with Crippen LogP contribution in [0.2, 0.25) is 0 Å². The molecule has 0 fully saturated rings. The highest BCUT2D eigenvalue weighted by atomic mass is 79.9. The molecule has 0 aromatic heterocycles. The third-order valence-electron chi connectivity index (χ3n) is 3.69. The Bertz CT molecular complexity index is 723. The third kappa shape index (κ3) is 2.90. The van der Waals surface area contributed by atoms with Gasteiger partial charge >= 0.3 is 0 Å². The zero-order valence-corrected chi connectivity index (χ0v) is 13.6. The molecular weight excluding hydrogens is 344 g/mol. The quantitative estimate of drug-likeness (QED) is 0.886. The monoisotopic (exact) mass is 358 g/mol. The van der Waals surface area contributed by atoms with E-state index in [2.05, 4.69) is 21.0 Å². The molecule has 4 nitrogen and oxygen atoms in total. The second-order valence-corrected chi connectivity index (χ2v) is 6.14. The summed E-state index contributed by atoms with van der Waals surface area (Å²) in [5, 5.41) is 15.4. The van der Waals surface area contributed by atoms with E-state index in [0.717, 1.165) is 21.3 Å². The standard InChI is InChI=1S/C17H15BrN2O2/c1-11(21)20-17(13-4-8-15(22)9-5-13)10-16(19-20)12-2-6-14(18)7-3-12/h2-9,17,22H,10H2,1H3/t17-/m1/s1. The van der Waals surface area contributed by atoms with Gasteiger partial charge in [0.05, 0.1) is 11.8 Å². The van der Waals surface area contributed by atoms with Crippen LogP contribution in [0.1, 0.15) is 30.5 Å². The molecule has 0 spiro atoms. The number of hydrogen-bond acceptors (Lipinski definition) is 3. The lowest BCUT2D eigenvalue weighted by molar-refractivity contribution is -0.130. The maximum atomic E-state index is 11.9. The van der Waals surface area contributed by atoms with Crippen LogP contribution in [0.4, 0.5) is 0 Å². The highest BCUT2D eigenvalue weighted by molar-refractivity contribution is 9.10. The summed E-state index contributed by atoms with van der Waals surface area (Å²) < 4.78 is 1.01. The number of hydrazone groups is 1. The molecule has 1 N–H and O–H groups in total. The minimum absolute atomic E-state index is 0.0924. The molecule has 0 radical (unpaired) electrons. The second-order valence-electron chi connectivity index (χ2n) is 5.23. The van der Waals surface area contributed by atoms with Gasteiger partial charge in [0.2, 0.25) is 5.91 Å². The Morgan fingerprint density at radius 2 is 1.82 bits per heavy atom. The molecule has 2 aromatic carbocycles. The van der Waals surface area contributed by atoms with Crippen LogP contribution in [0.3, 0.4) is 0 Å². The van der Waals surface area contributed by atoms with E-state index in [1.165, 1.54) is 11.9 Å². The first-order valence-electron chi connectivity index (χ1n) is 6.97. The van der Waals surface area contributed by atoms with Gasteiger partial charge in [-0.15, -0.1) is 0 Å². The SMILES string of the molecule is CC(=O)N1N=C(c2ccc(Br)cc2)C[C@@H]1c1ccc(O)cc1. The Kier molecular flexibility index (Phi) is 3.98. The number of halogens is 1. The summed E-state index contributed by atoms with van der Waals surface area (Å²) in [6.07, 6.45) is 0.659. The van der Waals surface area contributed by atoms with Crippen LogP contribution in [0.5, 0.6) is 5.75 Å². The highest BCUT2D eigenvalue weighted by Gasteiger charge is 2.31. The molecule has 1 heterocycles. The summed E-state index contributed by atoms with van der Waals surface area (Å²) >= 11 is 3.42. The number of nitrogens with zero attached hydrogens (tertiary/aromatic N) is 2. The van der Waals surface area contributed by atoms with Gasteiger partial charge in [0.1, 0.15) is 5.75 Å². The van der Waals surface area contributed by atoms with E-state index in [-0.39, 0.29) is 17.7 Å². The molecular formula is C17H15BrN2O2. The lowest BCUT2D eigenvalue weighted by Crippen LogP contribution is -2.24. The number of rotatable bonds is 2. The van der Waals surface area contributed by atoms with Gasteiger partial charge in [0.25, 0.3) is 0 Å². The first-order chi connectivity index (χ1) is 10.5. The summed E-state index contributed by atoms with van der Waals surface area (Å²) in [7, 11) is 0. The van der Waals surface area contributed by atoms with Gasteiger partial charge in [0.15, 0.2) is 0 Å². The molecule has 0 bridgehead atoms. The van der Waals surface area contributed by atoms with E-state index in [9.17, 15) is 9.90 Å². The van der Waals surface area contributed by atoms with Crippen LogP contribution < -0.4 is 0 Å². The molecule has 0 saturated heterocycles. The topological polar surface area (TPSA) is 52.9 Å². The number of aromatic hydroxyl groups is 1. The molecule has 22 heavy (non-hydrogen) atoms. The fourth-order valence-corrected chi connectivity index (χ4v) is 2.84. The van der Waals surface area contributed by atoms with Gasteiger partial charge in [-0.25, -0.2) is 5.01 Å². The van der Waals surface area contributed by atoms with Gasteiger partial charge in [-0.05, 0) is 35.4 Å². The van der Waals surface area contributed by atoms with E-state index in [0.29, 0.717) is 6.42 Å². The van der Waals surface area contributed by atoms with E-state index in [1.54, 1.807) is 12.1 Å². The smallest absolute Gasteiger partial charge is 0.240 e. The van der Waals surface area contributed by atoms with E-state index < -0.39 is 0 Å². The molecule has 1 atom stereocenters. The van der Waals surface area contributed by atoms with Crippen LogP contribution in [0.15, 0.2) is 58.1 Å². The Balaban J connectivity index is 1.92. The van der Waals surface area contributed by atoms with Crippen LogP contribution >= 0.6 is 15.9 Å². The molecule has 5 heteroatoms. The van der Waals surface area contributed by atoms with Crippen molar-refractivity contribution in [2.45, 2.75) is 19.4 Å². The second kappa shape index (κ2) is 5.93. The number of phenolic OH excluding ortho intramolecular Hbond substituents is 1. The van der Waals surface area contributed by atoms with Crippen molar-refractivity contribution >= 4 is 27.5 Å². The van der Waals surface area contributed by atoms with Crippen molar-refractivity contribution < 1.29 is 9.90 Å². The van der Waals surface area contributed by atoms with E-state index in [4.69, 9.17) is 0 Å². The van der Waals surface area contributed by atoms with Crippen molar-refractivity contribution in [1.82, 2.24) is 5.01 Å². The fourth-order valence-electron chi connectivity index (χ4n) is 2.57. The first kappa shape index (κ1) is 14.8. The molecule has 3 rings (SSSR count). The Morgan fingerprint density at radius 1 is 1.18 bits per heavy atom. The summed E-state index contributed by atoms with van der Waals surface area (Å²) in [4.78, 5) is 11.9. The Morgan fingerprint density at radius 3 is 2.41 bits per heavy atom. The summed E-state index contributed by atoms with van der Waals surface area (Å²) in [6, 6.07) is 14.7. The maximum Gasteiger partial charge on any atom is 0.240 e. The van der Waals surface area contributed by atoms with Crippen molar-refractivity contribution in [2.75, 3.05) is 0 Å². The lowest BCUT2D eigenvalue weighted by atomic mass is 9.98. The first-order valence-corrected chi connectivity index (χ1v) is 7.76. The zero-order chi connectivity index (χ0) is 15.7. The van der Waals surface area contributed by atoms with Gasteiger partial charge < -0.3 is 5.11 Å². The van der Waals surface area contributed by atoms with Crippen molar-refractivity contribution in [3.63, 3.8) is 0 Å². The van der Waals surface area contributed by atoms with E-state index >= 15 is 0 Å². The zero-order valence-electron chi connectivity index (χ0n) is 12.0. The Labute approximate surface area is 137 Å². The molecule has 0 unspecified atom stereocenters. The van der Waals surface area contributed by atoms with Crippen molar-refractivity contribution in [3.05, 3.63) is 64.1 Å². The molecule has 1 amide bonds. The van der Waals surface area contributed by atoms with Gasteiger partial charge in [-0.3, -0.25) is 4.79 Å². The number of carbonyl (C=O) groups excluding carboxylic acids is 1. The molecule has 2 aromatic rings. The molecule has 0 aliphatic carbocycles. The largest absolute Gasteiger partial charge is 0.508 e. The summed E-state index contributed by atoms with van der Waals surface area (Å²) in [5.74, 6) is 0.121. The van der Waals surface area contributed by atoms with Crippen LogP contribution in [-0.2, 0) is 4.79 Å². The van der Waals surface area contributed by atoms with Crippen molar-refractivity contribution in [1.29, 1.82) is 0 Å². The molecule has 112 valence electrons. The van der Waals surface area contributed by atoms with Crippen LogP contribution in [0, 0.1) is 0 Å². The normalized spacial score (nSPS) is 17.5. The number of hydrogen-bond donors (Lipinski definition) is 1. The molecule has 1 aliphatic rings. The fraction of sp³-hybridized carbons (Fsp3) is 0.176. The van der Waals surface area contributed by atoms with Crippen molar-refractivity contribution in [3.8, 4) is 5.75 Å². The number of benzene rings is 2. The van der Waals surface area contributed by atoms with Crippen LogP contribution in [0.25, 0.3) is 0 Å². The lowest BCUT2D eigenvalue weighted by Gasteiger charge is -2.20. The Hall–Kier alpha value is -2.14. The summed E-state index contributed by atoms with van der Waals surface area (Å²) in [6.45, 7) is 1.52. The van der Waals surface area contributed by atoms with E-state index in [1.807, 2.05) is 36.4 Å². The predicted molar refractivity (Wildman–Crippen MR) is 88.7 cm³/mol. The number of phenols is 1. The predicted octanol–water partition coefficient (Wildman–Crippen LogP) is 3.85. The van der Waals surface area contributed by atoms with Crippen molar-refractivity contribution in [2.24, 2.45) is 5.10 Å². The summed E-state index contributed by atoms with van der Waals surface area (Å²) in [5.41, 5.74) is 2.86. The number of carbonyl (C=O) groups is 1. The minimum Gasteiger partial charge on any atom is -0.508 e. The highest BCUT2D eigenvalue weighted by Crippen LogP contribution is 2.33. The molecule has 1 aliphatic heterocycles. The van der Waals surface area contributed by atoms with Gasteiger partial charge in [0, 0.05) is 17.8 Å². The number of amides is 1.